The predicted octanol–water partition coefficient (Wildman–Crippen LogP) is 2.20. The lowest BCUT2D eigenvalue weighted by Crippen LogP contribution is -2.39. The Bertz CT molecular complexity index is 989. The first kappa shape index (κ1) is 17.4. The molecule has 1 aliphatic carbocycles. The summed E-state index contributed by atoms with van der Waals surface area (Å²) in [4.78, 5) is 16.5. The van der Waals surface area contributed by atoms with Gasteiger partial charge < -0.3 is 11.1 Å². The maximum absolute atomic E-state index is 6.31. The summed E-state index contributed by atoms with van der Waals surface area (Å²) in [6.45, 7) is 5.10. The quantitative estimate of drug-likeness (QED) is 0.638. The second-order valence-electron chi connectivity index (χ2n) is 7.92. The number of anilines is 2. The van der Waals surface area contributed by atoms with Crippen LogP contribution in [0.1, 0.15) is 41.8 Å². The molecule has 146 valence electrons. The van der Waals surface area contributed by atoms with Gasteiger partial charge in [-0.05, 0) is 56.2 Å². The zero-order valence-corrected chi connectivity index (χ0v) is 16.2. The Kier molecular flexibility index (Phi) is 4.35. The van der Waals surface area contributed by atoms with Gasteiger partial charge in [0.1, 0.15) is 5.82 Å². The van der Waals surface area contributed by atoms with E-state index in [9.17, 15) is 0 Å². The number of fused-ring (bicyclic) bond motifs is 2. The topological polar surface area (TPSA) is 109 Å². The highest BCUT2D eigenvalue weighted by Gasteiger charge is 2.23. The molecule has 3 aromatic rings. The van der Waals surface area contributed by atoms with Crippen molar-refractivity contribution in [2.75, 3.05) is 24.1 Å². The summed E-state index contributed by atoms with van der Waals surface area (Å²) in [5, 5.41) is 11.5. The Balaban J connectivity index is 1.30. The van der Waals surface area contributed by atoms with Crippen molar-refractivity contribution in [2.24, 2.45) is 0 Å². The second-order valence-corrected chi connectivity index (χ2v) is 7.92. The number of piperidine rings is 1. The fraction of sp³-hybridized carbons (Fsp3) is 0.500. The summed E-state index contributed by atoms with van der Waals surface area (Å²) in [6.07, 6.45) is 7.18. The van der Waals surface area contributed by atoms with Crippen LogP contribution >= 0.6 is 0 Å². The van der Waals surface area contributed by atoms with Crippen LogP contribution in [0.25, 0.3) is 11.0 Å². The SMILES string of the molecule is Cc1c2c(nc3nc(NC4CCN(Cc5ccn[nH]5)CC4)nc(N)c13)CCC2. The van der Waals surface area contributed by atoms with E-state index >= 15 is 0 Å². The number of aromatic nitrogens is 5. The minimum Gasteiger partial charge on any atom is -0.383 e. The van der Waals surface area contributed by atoms with Crippen molar-refractivity contribution in [3.05, 3.63) is 34.8 Å². The van der Waals surface area contributed by atoms with Crippen molar-refractivity contribution < 1.29 is 0 Å². The molecule has 1 saturated heterocycles. The lowest BCUT2D eigenvalue weighted by Gasteiger charge is -2.32. The van der Waals surface area contributed by atoms with Gasteiger partial charge in [-0.1, -0.05) is 0 Å². The molecule has 0 unspecified atom stereocenters. The van der Waals surface area contributed by atoms with Crippen LogP contribution in [0, 0.1) is 6.92 Å². The molecule has 0 saturated carbocycles. The Morgan fingerprint density at radius 2 is 2.07 bits per heavy atom. The zero-order chi connectivity index (χ0) is 19.1. The van der Waals surface area contributed by atoms with Gasteiger partial charge in [-0.25, -0.2) is 4.98 Å². The van der Waals surface area contributed by atoms with Crippen LogP contribution in [-0.4, -0.2) is 49.2 Å². The second kappa shape index (κ2) is 7.01. The molecular weight excluding hydrogens is 352 g/mol. The molecule has 1 aliphatic heterocycles. The molecular formula is C20H26N8. The molecule has 8 heteroatoms. The van der Waals surface area contributed by atoms with Crippen molar-refractivity contribution in [1.82, 2.24) is 30.0 Å². The third kappa shape index (κ3) is 3.17. The van der Waals surface area contributed by atoms with Crippen LogP contribution in [0.4, 0.5) is 11.8 Å². The van der Waals surface area contributed by atoms with Gasteiger partial charge in [0, 0.05) is 43.3 Å². The molecule has 1 fully saturated rings. The van der Waals surface area contributed by atoms with Crippen molar-refractivity contribution >= 4 is 22.8 Å². The molecule has 2 aliphatic rings. The molecule has 0 amide bonds. The van der Waals surface area contributed by atoms with Crippen molar-refractivity contribution in [2.45, 2.75) is 51.6 Å². The highest BCUT2D eigenvalue weighted by atomic mass is 15.2. The number of likely N-dealkylation sites (tertiary alicyclic amines) is 1. The number of nitrogens with one attached hydrogen (secondary N) is 2. The van der Waals surface area contributed by atoms with E-state index < -0.39 is 0 Å². The smallest absolute Gasteiger partial charge is 0.226 e. The number of rotatable bonds is 4. The van der Waals surface area contributed by atoms with E-state index in [4.69, 9.17) is 15.7 Å². The maximum atomic E-state index is 6.31. The van der Waals surface area contributed by atoms with E-state index in [2.05, 4.69) is 32.3 Å². The van der Waals surface area contributed by atoms with E-state index in [1.807, 2.05) is 6.07 Å². The number of nitrogens with two attached hydrogens (primary N) is 1. The fourth-order valence-corrected chi connectivity index (χ4v) is 4.54. The van der Waals surface area contributed by atoms with Crippen LogP contribution in [-0.2, 0) is 19.4 Å². The first-order valence-electron chi connectivity index (χ1n) is 10.1. The number of nitrogens with zero attached hydrogens (tertiary/aromatic N) is 5. The summed E-state index contributed by atoms with van der Waals surface area (Å²) >= 11 is 0. The molecule has 8 nitrogen and oxygen atoms in total. The lowest BCUT2D eigenvalue weighted by molar-refractivity contribution is 0.209. The Hall–Kier alpha value is -2.74. The van der Waals surface area contributed by atoms with Gasteiger partial charge in [0.05, 0.1) is 5.39 Å². The molecule has 0 bridgehead atoms. The minimum atomic E-state index is 0.352. The zero-order valence-electron chi connectivity index (χ0n) is 16.2. The highest BCUT2D eigenvalue weighted by molar-refractivity contribution is 5.90. The van der Waals surface area contributed by atoms with Crippen molar-refractivity contribution in [3.63, 3.8) is 0 Å². The summed E-state index contributed by atoms with van der Waals surface area (Å²) < 4.78 is 0. The van der Waals surface area contributed by atoms with E-state index in [0.29, 0.717) is 17.8 Å². The van der Waals surface area contributed by atoms with Crippen LogP contribution in [0.5, 0.6) is 0 Å². The van der Waals surface area contributed by atoms with E-state index in [0.717, 1.165) is 68.5 Å². The summed E-state index contributed by atoms with van der Waals surface area (Å²) in [5.74, 6) is 1.13. The lowest BCUT2D eigenvalue weighted by atomic mass is 10.0. The standard InChI is InChI=1S/C20H26N8/c1-12-15-3-2-4-16(15)24-19-17(12)18(21)25-20(26-19)23-13-6-9-28(10-7-13)11-14-5-8-22-27-14/h5,8,13H,2-4,6-7,9-11H2,1H3,(H,22,27)(H3,21,23,24,25,26). The Morgan fingerprint density at radius 3 is 2.86 bits per heavy atom. The van der Waals surface area contributed by atoms with Gasteiger partial charge in [0.15, 0.2) is 5.65 Å². The third-order valence-corrected chi connectivity index (χ3v) is 6.05. The van der Waals surface area contributed by atoms with E-state index in [1.54, 1.807) is 6.20 Å². The maximum Gasteiger partial charge on any atom is 0.226 e. The molecule has 0 atom stereocenters. The summed E-state index contributed by atoms with van der Waals surface area (Å²) in [7, 11) is 0. The predicted molar refractivity (Wildman–Crippen MR) is 109 cm³/mol. The number of aromatic amines is 1. The van der Waals surface area contributed by atoms with Crippen molar-refractivity contribution in [3.8, 4) is 0 Å². The molecule has 0 spiro atoms. The van der Waals surface area contributed by atoms with Crippen molar-refractivity contribution in [1.29, 1.82) is 0 Å². The highest BCUT2D eigenvalue weighted by Crippen LogP contribution is 2.31. The van der Waals surface area contributed by atoms with E-state index in [-0.39, 0.29) is 0 Å². The molecule has 28 heavy (non-hydrogen) atoms. The van der Waals surface area contributed by atoms with Gasteiger partial charge in [0.2, 0.25) is 5.95 Å². The number of pyridine rings is 1. The van der Waals surface area contributed by atoms with Gasteiger partial charge in [-0.3, -0.25) is 10.00 Å². The average Bonchev–Trinajstić information content (AvgIpc) is 3.35. The number of aryl methyl sites for hydroxylation is 2. The molecule has 3 aromatic heterocycles. The number of nitrogen functional groups attached to an aromatic ring is 1. The minimum absolute atomic E-state index is 0.352. The summed E-state index contributed by atoms with van der Waals surface area (Å²) in [5.41, 5.74) is 11.9. The molecule has 4 N–H and O–H groups in total. The molecule has 0 radical (unpaired) electrons. The monoisotopic (exact) mass is 378 g/mol. The fourth-order valence-electron chi connectivity index (χ4n) is 4.54. The van der Waals surface area contributed by atoms with E-state index in [1.165, 1.54) is 16.8 Å². The molecule has 5 rings (SSSR count). The Labute approximate surface area is 164 Å². The van der Waals surface area contributed by atoms with Gasteiger partial charge in [-0.15, -0.1) is 0 Å². The number of hydrogen-bond acceptors (Lipinski definition) is 7. The largest absolute Gasteiger partial charge is 0.383 e. The van der Waals surface area contributed by atoms with Crippen LogP contribution in [0.2, 0.25) is 0 Å². The normalized spacial score (nSPS) is 17.9. The van der Waals surface area contributed by atoms with Crippen LogP contribution < -0.4 is 11.1 Å². The first-order valence-corrected chi connectivity index (χ1v) is 10.1. The average molecular weight is 378 g/mol. The third-order valence-electron chi connectivity index (χ3n) is 6.05. The van der Waals surface area contributed by atoms with Crippen LogP contribution in [0.15, 0.2) is 12.3 Å². The number of hydrogen-bond donors (Lipinski definition) is 3. The van der Waals surface area contributed by atoms with Crippen LogP contribution in [0.3, 0.4) is 0 Å². The summed E-state index contributed by atoms with van der Waals surface area (Å²) in [6, 6.07) is 2.38. The molecule has 0 aromatic carbocycles. The van der Waals surface area contributed by atoms with Gasteiger partial charge in [0.25, 0.3) is 0 Å². The molecule has 4 heterocycles. The number of H-pyrrole nitrogens is 1. The van der Waals surface area contributed by atoms with Gasteiger partial charge >= 0.3 is 0 Å². The Morgan fingerprint density at radius 1 is 1.21 bits per heavy atom. The van der Waals surface area contributed by atoms with Gasteiger partial charge in [-0.2, -0.15) is 15.1 Å². The first-order chi connectivity index (χ1) is 13.7.